The van der Waals surface area contributed by atoms with Gasteiger partial charge in [0.1, 0.15) is 11.9 Å². The summed E-state index contributed by atoms with van der Waals surface area (Å²) in [6.45, 7) is 5.37. The van der Waals surface area contributed by atoms with Crippen LogP contribution in [0.15, 0.2) is 30.3 Å². The molecule has 0 heterocycles. The van der Waals surface area contributed by atoms with E-state index in [1.165, 1.54) is 0 Å². The van der Waals surface area contributed by atoms with Crippen molar-refractivity contribution < 1.29 is 9.47 Å². The van der Waals surface area contributed by atoms with Crippen molar-refractivity contribution >= 4 is 17.7 Å². The van der Waals surface area contributed by atoms with Gasteiger partial charge in [0.05, 0.1) is 6.61 Å². The lowest BCUT2D eigenvalue weighted by Crippen LogP contribution is -2.20. The van der Waals surface area contributed by atoms with E-state index in [9.17, 15) is 0 Å². The van der Waals surface area contributed by atoms with E-state index in [1.54, 1.807) is 0 Å². The van der Waals surface area contributed by atoms with Gasteiger partial charge in [0.2, 0.25) is 0 Å². The Balaban J connectivity index is 2.37. The third kappa shape index (κ3) is 6.65. The van der Waals surface area contributed by atoms with Crippen molar-refractivity contribution in [2.75, 3.05) is 19.1 Å². The highest BCUT2D eigenvalue weighted by molar-refractivity contribution is 6.17. The zero-order chi connectivity index (χ0) is 13.9. The van der Waals surface area contributed by atoms with Crippen LogP contribution in [0.4, 0.5) is 0 Å². The van der Waals surface area contributed by atoms with Crippen molar-refractivity contribution in [3.8, 4) is 5.75 Å². The number of para-hydroxylation sites is 1. The Labute approximate surface area is 121 Å². The monoisotopic (exact) mass is 282 g/mol. The van der Waals surface area contributed by atoms with Crippen LogP contribution in [-0.4, -0.2) is 25.2 Å². The molecule has 0 spiro atoms. The summed E-state index contributed by atoms with van der Waals surface area (Å²) < 4.78 is 11.5. The molecule has 3 heteroatoms. The standard InChI is InChI=1S/C16H23ClO2/c1-3-8-15-9-4-5-10-16(15)19-14(2)13-18-12-7-6-11-17/h3-5,8-10,14H,6-7,11-13H2,1-2H3. The van der Waals surface area contributed by atoms with E-state index in [4.69, 9.17) is 21.1 Å². The molecule has 1 aromatic carbocycles. The van der Waals surface area contributed by atoms with E-state index in [2.05, 4.69) is 0 Å². The fourth-order valence-corrected chi connectivity index (χ4v) is 1.89. The number of alkyl halides is 1. The molecule has 19 heavy (non-hydrogen) atoms. The second-order valence-corrected chi connectivity index (χ2v) is 4.82. The SMILES string of the molecule is CC=Cc1ccccc1OC(C)COCCCCCl. The van der Waals surface area contributed by atoms with Gasteiger partial charge < -0.3 is 9.47 Å². The van der Waals surface area contributed by atoms with Crippen molar-refractivity contribution in [2.24, 2.45) is 0 Å². The minimum absolute atomic E-state index is 0.0439. The first-order valence-corrected chi connectivity index (χ1v) is 7.33. The van der Waals surface area contributed by atoms with Gasteiger partial charge in [0, 0.05) is 18.1 Å². The molecule has 0 aromatic heterocycles. The Hall–Kier alpha value is -0.990. The average molecular weight is 283 g/mol. The fraction of sp³-hybridized carbons (Fsp3) is 0.500. The Bertz CT molecular complexity index is 377. The van der Waals surface area contributed by atoms with Crippen LogP contribution >= 0.6 is 11.6 Å². The molecule has 2 nitrogen and oxygen atoms in total. The lowest BCUT2D eigenvalue weighted by Gasteiger charge is -2.16. The quantitative estimate of drug-likeness (QED) is 0.490. The number of halogens is 1. The molecule has 1 rings (SSSR count). The normalized spacial score (nSPS) is 12.8. The molecule has 1 atom stereocenters. The van der Waals surface area contributed by atoms with Crippen LogP contribution in [0.1, 0.15) is 32.3 Å². The highest BCUT2D eigenvalue weighted by atomic mass is 35.5. The van der Waals surface area contributed by atoms with Crippen LogP contribution in [-0.2, 0) is 4.74 Å². The molecule has 0 fully saturated rings. The van der Waals surface area contributed by atoms with Crippen molar-refractivity contribution in [2.45, 2.75) is 32.8 Å². The topological polar surface area (TPSA) is 18.5 Å². The molecule has 1 aromatic rings. The third-order valence-electron chi connectivity index (χ3n) is 2.62. The smallest absolute Gasteiger partial charge is 0.127 e. The number of allylic oxidation sites excluding steroid dienone is 1. The van der Waals surface area contributed by atoms with Gasteiger partial charge in [-0.2, -0.15) is 0 Å². The van der Waals surface area contributed by atoms with Gasteiger partial charge in [-0.05, 0) is 32.8 Å². The van der Waals surface area contributed by atoms with Crippen LogP contribution < -0.4 is 4.74 Å². The molecular weight excluding hydrogens is 260 g/mol. The van der Waals surface area contributed by atoms with E-state index in [0.29, 0.717) is 12.5 Å². The lowest BCUT2D eigenvalue weighted by atomic mass is 10.2. The van der Waals surface area contributed by atoms with Gasteiger partial charge in [-0.15, -0.1) is 11.6 Å². The van der Waals surface area contributed by atoms with Crippen LogP contribution in [0.5, 0.6) is 5.75 Å². The van der Waals surface area contributed by atoms with Crippen LogP contribution in [0, 0.1) is 0 Å². The Morgan fingerprint density at radius 2 is 2.05 bits per heavy atom. The van der Waals surface area contributed by atoms with Gasteiger partial charge in [-0.25, -0.2) is 0 Å². The van der Waals surface area contributed by atoms with Gasteiger partial charge in [0.25, 0.3) is 0 Å². The van der Waals surface area contributed by atoms with Gasteiger partial charge in [-0.3, -0.25) is 0 Å². The lowest BCUT2D eigenvalue weighted by molar-refractivity contribution is 0.0572. The zero-order valence-electron chi connectivity index (χ0n) is 11.8. The van der Waals surface area contributed by atoms with Crippen LogP contribution in [0.25, 0.3) is 6.08 Å². The van der Waals surface area contributed by atoms with Crippen molar-refractivity contribution in [3.05, 3.63) is 35.9 Å². The van der Waals surface area contributed by atoms with E-state index in [-0.39, 0.29) is 6.10 Å². The molecular formula is C16H23ClO2. The molecule has 0 saturated heterocycles. The third-order valence-corrected chi connectivity index (χ3v) is 2.89. The second kappa shape index (κ2) is 9.88. The summed E-state index contributed by atoms with van der Waals surface area (Å²) in [5, 5.41) is 0. The van der Waals surface area contributed by atoms with Gasteiger partial charge in [-0.1, -0.05) is 30.4 Å². The minimum Gasteiger partial charge on any atom is -0.488 e. The molecule has 106 valence electrons. The van der Waals surface area contributed by atoms with E-state index >= 15 is 0 Å². The predicted octanol–water partition coefficient (Wildman–Crippen LogP) is 4.52. The van der Waals surface area contributed by atoms with Crippen molar-refractivity contribution in [1.29, 1.82) is 0 Å². The molecule has 0 N–H and O–H groups in total. The summed E-state index contributed by atoms with van der Waals surface area (Å²) >= 11 is 5.61. The van der Waals surface area contributed by atoms with Gasteiger partial charge >= 0.3 is 0 Å². The molecule has 1 unspecified atom stereocenters. The maximum Gasteiger partial charge on any atom is 0.127 e. The number of benzene rings is 1. The Kier molecular flexibility index (Phi) is 8.35. The Morgan fingerprint density at radius 3 is 2.79 bits per heavy atom. The molecule has 0 aliphatic carbocycles. The van der Waals surface area contributed by atoms with Gasteiger partial charge in [0.15, 0.2) is 0 Å². The zero-order valence-corrected chi connectivity index (χ0v) is 12.5. The molecule has 0 saturated carbocycles. The first-order chi connectivity index (χ1) is 9.27. The molecule has 0 aliphatic heterocycles. The van der Waals surface area contributed by atoms with E-state index < -0.39 is 0 Å². The average Bonchev–Trinajstić information content (AvgIpc) is 2.41. The maximum absolute atomic E-state index is 5.90. The number of rotatable bonds is 9. The van der Waals surface area contributed by atoms with Crippen LogP contribution in [0.3, 0.4) is 0 Å². The molecule has 0 radical (unpaired) electrons. The molecule has 0 aliphatic rings. The highest BCUT2D eigenvalue weighted by Crippen LogP contribution is 2.20. The first kappa shape index (κ1) is 16.1. The highest BCUT2D eigenvalue weighted by Gasteiger charge is 2.06. The number of hydrogen-bond donors (Lipinski definition) is 0. The summed E-state index contributed by atoms with van der Waals surface area (Å²) in [6.07, 6.45) is 6.10. The summed E-state index contributed by atoms with van der Waals surface area (Å²) in [4.78, 5) is 0. The first-order valence-electron chi connectivity index (χ1n) is 6.80. The minimum atomic E-state index is 0.0439. The van der Waals surface area contributed by atoms with E-state index in [1.807, 2.05) is 50.3 Å². The predicted molar refractivity (Wildman–Crippen MR) is 82.0 cm³/mol. The van der Waals surface area contributed by atoms with Crippen molar-refractivity contribution in [3.63, 3.8) is 0 Å². The van der Waals surface area contributed by atoms with E-state index in [0.717, 1.165) is 30.8 Å². The molecule has 0 amide bonds. The summed E-state index contributed by atoms with van der Waals surface area (Å²) in [6, 6.07) is 8.02. The summed E-state index contributed by atoms with van der Waals surface area (Å²) in [7, 11) is 0. The Morgan fingerprint density at radius 1 is 1.26 bits per heavy atom. The summed E-state index contributed by atoms with van der Waals surface area (Å²) in [5.41, 5.74) is 1.10. The number of ether oxygens (including phenoxy) is 2. The fourth-order valence-electron chi connectivity index (χ4n) is 1.70. The number of hydrogen-bond acceptors (Lipinski definition) is 2. The molecule has 0 bridgehead atoms. The summed E-state index contributed by atoms with van der Waals surface area (Å²) in [5.74, 6) is 1.60. The maximum atomic E-state index is 5.90. The second-order valence-electron chi connectivity index (χ2n) is 4.44. The largest absolute Gasteiger partial charge is 0.488 e. The van der Waals surface area contributed by atoms with Crippen LogP contribution in [0.2, 0.25) is 0 Å². The number of unbranched alkanes of at least 4 members (excludes halogenated alkanes) is 1. The van der Waals surface area contributed by atoms with Crippen molar-refractivity contribution in [1.82, 2.24) is 0 Å².